The second-order valence-corrected chi connectivity index (χ2v) is 5.45. The smallest absolute Gasteiger partial charge is 0.119 e. The van der Waals surface area contributed by atoms with Gasteiger partial charge >= 0.3 is 0 Å². The van der Waals surface area contributed by atoms with Gasteiger partial charge in [-0.3, -0.25) is 0 Å². The van der Waals surface area contributed by atoms with E-state index in [9.17, 15) is 0 Å². The first-order valence-corrected chi connectivity index (χ1v) is 7.44. The summed E-state index contributed by atoms with van der Waals surface area (Å²) in [6, 6.07) is 6.16. The quantitative estimate of drug-likeness (QED) is 0.794. The highest BCUT2D eigenvalue weighted by Gasteiger charge is 2.10. The van der Waals surface area contributed by atoms with Crippen LogP contribution in [-0.2, 0) is 6.54 Å². The van der Waals surface area contributed by atoms with E-state index in [1.54, 1.807) is 7.11 Å². The van der Waals surface area contributed by atoms with Gasteiger partial charge in [-0.05, 0) is 49.7 Å². The summed E-state index contributed by atoms with van der Waals surface area (Å²) in [5.41, 5.74) is 2.47. The Labute approximate surface area is 120 Å². The monoisotopic (exact) mass is 273 g/mol. The van der Waals surface area contributed by atoms with E-state index in [-0.39, 0.29) is 0 Å². The van der Waals surface area contributed by atoms with Crippen molar-refractivity contribution in [3.8, 4) is 5.75 Å². The highest BCUT2D eigenvalue weighted by Crippen LogP contribution is 2.23. The Morgan fingerprint density at radius 1 is 1.30 bits per heavy atom. The van der Waals surface area contributed by atoms with E-state index in [2.05, 4.69) is 33.5 Å². The van der Waals surface area contributed by atoms with Crippen molar-refractivity contribution >= 4 is 10.9 Å². The van der Waals surface area contributed by atoms with Crippen molar-refractivity contribution in [3.63, 3.8) is 0 Å². The van der Waals surface area contributed by atoms with Crippen LogP contribution in [0.4, 0.5) is 0 Å². The van der Waals surface area contributed by atoms with Crippen LogP contribution in [0.5, 0.6) is 5.75 Å². The molecule has 0 atom stereocenters. The summed E-state index contributed by atoms with van der Waals surface area (Å²) in [5, 5.41) is 4.79. The Bertz CT molecular complexity index is 558. The van der Waals surface area contributed by atoms with Gasteiger partial charge in [-0.1, -0.05) is 0 Å². The molecular weight excluding hydrogens is 250 g/mol. The van der Waals surface area contributed by atoms with E-state index in [1.165, 1.54) is 42.4 Å². The molecule has 20 heavy (non-hydrogen) atoms. The zero-order valence-corrected chi connectivity index (χ0v) is 12.1. The molecule has 0 spiro atoms. The fraction of sp³-hybridized carbons (Fsp3) is 0.500. The minimum atomic E-state index is 0.904. The molecule has 1 saturated heterocycles. The number of hydrogen-bond donors (Lipinski definition) is 2. The predicted octanol–water partition coefficient (Wildman–Crippen LogP) is 2.36. The number of aromatic nitrogens is 1. The summed E-state index contributed by atoms with van der Waals surface area (Å²) in [7, 11) is 1.71. The number of hydrogen-bond acceptors (Lipinski definition) is 3. The molecular formula is C16H23N3O. The third kappa shape index (κ3) is 2.97. The van der Waals surface area contributed by atoms with E-state index in [0.717, 1.165) is 25.4 Å². The Kier molecular flexibility index (Phi) is 4.23. The van der Waals surface area contributed by atoms with Gasteiger partial charge in [0.25, 0.3) is 0 Å². The van der Waals surface area contributed by atoms with Crippen molar-refractivity contribution in [3.05, 3.63) is 30.0 Å². The second kappa shape index (κ2) is 6.29. The second-order valence-electron chi connectivity index (χ2n) is 5.45. The number of aromatic amines is 1. The largest absolute Gasteiger partial charge is 0.497 e. The molecule has 1 aliphatic heterocycles. The van der Waals surface area contributed by atoms with Gasteiger partial charge in [-0.15, -0.1) is 0 Å². The van der Waals surface area contributed by atoms with Crippen LogP contribution in [-0.4, -0.2) is 43.2 Å². The summed E-state index contributed by atoms with van der Waals surface area (Å²) in [4.78, 5) is 5.85. The molecule has 0 bridgehead atoms. The fourth-order valence-corrected chi connectivity index (χ4v) is 2.90. The number of benzene rings is 1. The number of H-pyrrole nitrogens is 1. The van der Waals surface area contributed by atoms with E-state index < -0.39 is 0 Å². The molecule has 0 radical (unpaired) electrons. The molecule has 2 aromatic rings. The maximum atomic E-state index is 5.30. The van der Waals surface area contributed by atoms with Gasteiger partial charge in [0.2, 0.25) is 0 Å². The standard InChI is InChI=1S/C16H23N3O/c1-20-14-4-5-16-15(10-14)13(12-18-16)11-17-6-9-19-7-2-3-8-19/h4-5,10,12,17-18H,2-3,6-9,11H2,1H3. The van der Waals surface area contributed by atoms with Crippen LogP contribution in [0.2, 0.25) is 0 Å². The zero-order valence-electron chi connectivity index (χ0n) is 12.1. The molecule has 2 N–H and O–H groups in total. The van der Waals surface area contributed by atoms with Gasteiger partial charge in [0.1, 0.15) is 5.75 Å². The Balaban J connectivity index is 1.56. The van der Waals surface area contributed by atoms with Crippen LogP contribution < -0.4 is 10.1 Å². The summed E-state index contributed by atoms with van der Waals surface area (Å²) in [6.45, 7) is 5.65. The van der Waals surface area contributed by atoms with Crippen LogP contribution in [0.1, 0.15) is 18.4 Å². The summed E-state index contributed by atoms with van der Waals surface area (Å²) < 4.78 is 5.30. The van der Waals surface area contributed by atoms with Gasteiger partial charge in [0.15, 0.2) is 0 Å². The molecule has 3 rings (SSSR count). The number of rotatable bonds is 6. The molecule has 4 nitrogen and oxygen atoms in total. The lowest BCUT2D eigenvalue weighted by atomic mass is 10.1. The normalized spacial score (nSPS) is 16.1. The Morgan fingerprint density at radius 3 is 2.95 bits per heavy atom. The number of ether oxygens (including phenoxy) is 1. The van der Waals surface area contributed by atoms with Crippen LogP contribution >= 0.6 is 0 Å². The van der Waals surface area contributed by atoms with Crippen molar-refractivity contribution in [1.29, 1.82) is 0 Å². The molecule has 0 aliphatic carbocycles. The number of methoxy groups -OCH3 is 1. The molecule has 0 amide bonds. The highest BCUT2D eigenvalue weighted by atomic mass is 16.5. The molecule has 1 fully saturated rings. The summed E-state index contributed by atoms with van der Waals surface area (Å²) in [6.07, 6.45) is 4.82. The zero-order chi connectivity index (χ0) is 13.8. The van der Waals surface area contributed by atoms with Crippen LogP contribution in [0.15, 0.2) is 24.4 Å². The van der Waals surface area contributed by atoms with E-state index in [1.807, 2.05) is 6.07 Å². The van der Waals surface area contributed by atoms with E-state index >= 15 is 0 Å². The predicted molar refractivity (Wildman–Crippen MR) is 82.2 cm³/mol. The first-order valence-electron chi connectivity index (χ1n) is 7.44. The van der Waals surface area contributed by atoms with E-state index in [4.69, 9.17) is 4.74 Å². The SMILES string of the molecule is COc1ccc2[nH]cc(CNCCN3CCCC3)c2c1. The molecule has 1 aromatic carbocycles. The molecule has 4 heteroatoms. The Hall–Kier alpha value is -1.52. The van der Waals surface area contributed by atoms with Crippen LogP contribution in [0.25, 0.3) is 10.9 Å². The highest BCUT2D eigenvalue weighted by molar-refractivity contribution is 5.84. The van der Waals surface area contributed by atoms with Gasteiger partial charge in [0.05, 0.1) is 7.11 Å². The number of nitrogens with one attached hydrogen (secondary N) is 2. The fourth-order valence-electron chi connectivity index (χ4n) is 2.90. The maximum Gasteiger partial charge on any atom is 0.119 e. The van der Waals surface area contributed by atoms with Crippen molar-refractivity contribution in [2.24, 2.45) is 0 Å². The van der Waals surface area contributed by atoms with Crippen molar-refractivity contribution in [1.82, 2.24) is 15.2 Å². The van der Waals surface area contributed by atoms with Gasteiger partial charge < -0.3 is 19.9 Å². The molecule has 108 valence electrons. The van der Waals surface area contributed by atoms with Gasteiger partial charge in [0, 0.05) is 36.7 Å². The number of nitrogens with zero attached hydrogens (tertiary/aromatic N) is 1. The maximum absolute atomic E-state index is 5.30. The van der Waals surface area contributed by atoms with Crippen molar-refractivity contribution < 1.29 is 4.74 Å². The van der Waals surface area contributed by atoms with Crippen molar-refractivity contribution in [2.45, 2.75) is 19.4 Å². The minimum Gasteiger partial charge on any atom is -0.497 e. The van der Waals surface area contributed by atoms with Crippen molar-refractivity contribution in [2.75, 3.05) is 33.3 Å². The first kappa shape index (κ1) is 13.5. The van der Waals surface area contributed by atoms with Crippen LogP contribution in [0.3, 0.4) is 0 Å². The lowest BCUT2D eigenvalue weighted by Crippen LogP contribution is -2.29. The third-order valence-corrected chi connectivity index (χ3v) is 4.09. The molecule has 1 aliphatic rings. The topological polar surface area (TPSA) is 40.3 Å². The van der Waals surface area contributed by atoms with Gasteiger partial charge in [-0.2, -0.15) is 0 Å². The lowest BCUT2D eigenvalue weighted by molar-refractivity contribution is 0.336. The lowest BCUT2D eigenvalue weighted by Gasteiger charge is -2.14. The third-order valence-electron chi connectivity index (χ3n) is 4.09. The Morgan fingerprint density at radius 2 is 2.15 bits per heavy atom. The average molecular weight is 273 g/mol. The van der Waals surface area contributed by atoms with E-state index in [0.29, 0.717) is 0 Å². The molecule has 0 unspecified atom stereocenters. The number of fused-ring (bicyclic) bond motifs is 1. The molecule has 1 aromatic heterocycles. The first-order chi connectivity index (χ1) is 9.86. The minimum absolute atomic E-state index is 0.904. The summed E-state index contributed by atoms with van der Waals surface area (Å²) >= 11 is 0. The van der Waals surface area contributed by atoms with Crippen LogP contribution in [0, 0.1) is 0 Å². The molecule has 0 saturated carbocycles. The molecule has 2 heterocycles. The average Bonchev–Trinajstić information content (AvgIpc) is 3.13. The summed E-state index contributed by atoms with van der Waals surface area (Å²) in [5.74, 6) is 0.912. The van der Waals surface area contributed by atoms with Gasteiger partial charge in [-0.25, -0.2) is 0 Å². The number of likely N-dealkylation sites (tertiary alicyclic amines) is 1.